The lowest BCUT2D eigenvalue weighted by molar-refractivity contribution is 0.141. The predicted molar refractivity (Wildman–Crippen MR) is 68.8 cm³/mol. The number of rotatable bonds is 5. The first-order valence-corrected chi connectivity index (χ1v) is 6.00. The summed E-state index contributed by atoms with van der Waals surface area (Å²) in [5.74, 6) is -0.454. The highest BCUT2D eigenvalue weighted by Gasteiger charge is 2.08. The lowest BCUT2D eigenvalue weighted by Gasteiger charge is -2.10. The standard InChI is InChI=1S/C13H16N2O3/c1-2-18-9-5-8-15-11-7-4-3-6-10(11)14-12(16)13(15)17/h3-4,6-7H,2,5,8-9H2,1H3,(H,14,16). The SMILES string of the molecule is CCOCCCn1c(=O)c(O)nc2ccccc21. The molecule has 18 heavy (non-hydrogen) atoms. The zero-order valence-electron chi connectivity index (χ0n) is 10.3. The molecule has 0 aliphatic heterocycles. The van der Waals surface area contributed by atoms with E-state index in [1.165, 1.54) is 4.57 Å². The molecule has 1 N–H and O–H groups in total. The summed E-state index contributed by atoms with van der Waals surface area (Å²) in [5.41, 5.74) is 0.896. The van der Waals surface area contributed by atoms with Crippen molar-refractivity contribution in [2.75, 3.05) is 13.2 Å². The van der Waals surface area contributed by atoms with Crippen LogP contribution < -0.4 is 5.56 Å². The second kappa shape index (κ2) is 5.64. The van der Waals surface area contributed by atoms with Crippen LogP contribution in [-0.4, -0.2) is 27.9 Å². The van der Waals surface area contributed by atoms with Gasteiger partial charge in [-0.05, 0) is 25.5 Å². The van der Waals surface area contributed by atoms with Gasteiger partial charge in [-0.2, -0.15) is 0 Å². The molecular formula is C13H16N2O3. The van der Waals surface area contributed by atoms with E-state index < -0.39 is 11.4 Å². The zero-order valence-corrected chi connectivity index (χ0v) is 10.3. The summed E-state index contributed by atoms with van der Waals surface area (Å²) in [6, 6.07) is 7.26. The molecule has 1 aromatic heterocycles. The highest BCUT2D eigenvalue weighted by Crippen LogP contribution is 2.12. The van der Waals surface area contributed by atoms with Crippen LogP contribution >= 0.6 is 0 Å². The van der Waals surface area contributed by atoms with Crippen LogP contribution in [0.4, 0.5) is 0 Å². The van der Waals surface area contributed by atoms with E-state index in [1.807, 2.05) is 25.1 Å². The molecule has 0 radical (unpaired) electrons. The van der Waals surface area contributed by atoms with Crippen molar-refractivity contribution in [3.05, 3.63) is 34.6 Å². The van der Waals surface area contributed by atoms with Crippen LogP contribution in [0.5, 0.6) is 5.88 Å². The average Bonchev–Trinajstić information content (AvgIpc) is 2.38. The summed E-state index contributed by atoms with van der Waals surface area (Å²) >= 11 is 0. The third-order valence-electron chi connectivity index (χ3n) is 2.71. The second-order valence-corrected chi connectivity index (χ2v) is 3.93. The molecule has 5 heteroatoms. The van der Waals surface area contributed by atoms with E-state index in [4.69, 9.17) is 4.74 Å². The molecular weight excluding hydrogens is 232 g/mol. The Hall–Kier alpha value is -1.88. The van der Waals surface area contributed by atoms with Crippen molar-refractivity contribution in [1.82, 2.24) is 9.55 Å². The highest BCUT2D eigenvalue weighted by molar-refractivity contribution is 5.74. The Bertz CT molecular complexity index is 592. The average molecular weight is 248 g/mol. The predicted octanol–water partition coefficient (Wildman–Crippen LogP) is 1.53. The van der Waals surface area contributed by atoms with Crippen molar-refractivity contribution < 1.29 is 9.84 Å². The van der Waals surface area contributed by atoms with E-state index in [0.29, 0.717) is 25.3 Å². The molecule has 0 saturated heterocycles. The molecule has 0 unspecified atom stereocenters. The van der Waals surface area contributed by atoms with Gasteiger partial charge in [0.2, 0.25) is 0 Å². The van der Waals surface area contributed by atoms with Crippen molar-refractivity contribution in [2.24, 2.45) is 0 Å². The minimum atomic E-state index is -0.454. The number of nitrogens with zero attached hydrogens (tertiary/aromatic N) is 2. The number of aromatic hydroxyl groups is 1. The summed E-state index contributed by atoms with van der Waals surface area (Å²) in [6.07, 6.45) is 0.723. The fourth-order valence-electron chi connectivity index (χ4n) is 1.87. The van der Waals surface area contributed by atoms with E-state index in [-0.39, 0.29) is 0 Å². The van der Waals surface area contributed by atoms with Gasteiger partial charge in [0, 0.05) is 19.8 Å². The number of hydrogen-bond acceptors (Lipinski definition) is 4. The molecule has 0 saturated carbocycles. The number of fused-ring (bicyclic) bond motifs is 1. The number of ether oxygens (including phenoxy) is 1. The van der Waals surface area contributed by atoms with Gasteiger partial charge in [-0.15, -0.1) is 0 Å². The molecule has 0 fully saturated rings. The van der Waals surface area contributed by atoms with Crippen molar-refractivity contribution >= 4 is 11.0 Å². The highest BCUT2D eigenvalue weighted by atomic mass is 16.5. The summed E-state index contributed by atoms with van der Waals surface area (Å²) in [6.45, 7) is 3.70. The van der Waals surface area contributed by atoms with Crippen LogP contribution in [0.25, 0.3) is 11.0 Å². The van der Waals surface area contributed by atoms with Crippen molar-refractivity contribution in [2.45, 2.75) is 19.9 Å². The molecule has 2 aromatic rings. The number of aryl methyl sites for hydroxylation is 1. The van der Waals surface area contributed by atoms with Gasteiger partial charge in [-0.25, -0.2) is 4.98 Å². The Morgan fingerprint density at radius 1 is 1.39 bits per heavy atom. The van der Waals surface area contributed by atoms with Gasteiger partial charge >= 0.3 is 5.56 Å². The molecule has 1 aromatic carbocycles. The number of aromatic nitrogens is 2. The van der Waals surface area contributed by atoms with E-state index >= 15 is 0 Å². The van der Waals surface area contributed by atoms with Crippen LogP contribution in [0.15, 0.2) is 29.1 Å². The number of para-hydroxylation sites is 2. The maximum Gasteiger partial charge on any atom is 0.313 e. The van der Waals surface area contributed by atoms with Gasteiger partial charge in [0.05, 0.1) is 11.0 Å². The third kappa shape index (κ3) is 2.51. The molecule has 0 bridgehead atoms. The first-order valence-electron chi connectivity index (χ1n) is 6.00. The van der Waals surface area contributed by atoms with Gasteiger partial charge in [0.1, 0.15) is 0 Å². The fraction of sp³-hybridized carbons (Fsp3) is 0.385. The molecule has 2 rings (SSSR count). The van der Waals surface area contributed by atoms with E-state index in [0.717, 1.165) is 11.9 Å². The van der Waals surface area contributed by atoms with Gasteiger partial charge < -0.3 is 14.4 Å². The molecule has 0 spiro atoms. The Balaban J connectivity index is 2.35. The quantitative estimate of drug-likeness (QED) is 0.815. The zero-order chi connectivity index (χ0) is 13.0. The molecule has 0 aliphatic rings. The van der Waals surface area contributed by atoms with E-state index in [1.54, 1.807) is 6.07 Å². The topological polar surface area (TPSA) is 64.3 Å². The number of benzene rings is 1. The smallest absolute Gasteiger partial charge is 0.313 e. The van der Waals surface area contributed by atoms with Crippen LogP contribution in [0.1, 0.15) is 13.3 Å². The van der Waals surface area contributed by atoms with Crippen LogP contribution in [-0.2, 0) is 11.3 Å². The molecule has 5 nitrogen and oxygen atoms in total. The molecule has 0 amide bonds. The molecule has 0 aliphatic carbocycles. The van der Waals surface area contributed by atoms with Gasteiger partial charge in [-0.3, -0.25) is 4.79 Å². The largest absolute Gasteiger partial charge is 0.489 e. The Labute approximate surface area is 105 Å². The first kappa shape index (κ1) is 12.6. The third-order valence-corrected chi connectivity index (χ3v) is 2.71. The summed E-state index contributed by atoms with van der Waals surface area (Å²) in [4.78, 5) is 15.7. The van der Waals surface area contributed by atoms with Gasteiger partial charge in [-0.1, -0.05) is 12.1 Å². The lowest BCUT2D eigenvalue weighted by Crippen LogP contribution is -2.22. The monoisotopic (exact) mass is 248 g/mol. The molecule has 1 heterocycles. The summed E-state index contributed by atoms with van der Waals surface area (Å²) < 4.78 is 6.78. The Kier molecular flexibility index (Phi) is 3.94. The van der Waals surface area contributed by atoms with Gasteiger partial charge in [0.25, 0.3) is 5.88 Å². The Morgan fingerprint density at radius 3 is 2.94 bits per heavy atom. The summed E-state index contributed by atoms with van der Waals surface area (Å²) in [5, 5.41) is 9.53. The van der Waals surface area contributed by atoms with Crippen LogP contribution in [0, 0.1) is 0 Å². The summed E-state index contributed by atoms with van der Waals surface area (Å²) in [7, 11) is 0. The second-order valence-electron chi connectivity index (χ2n) is 3.93. The van der Waals surface area contributed by atoms with E-state index in [9.17, 15) is 9.90 Å². The van der Waals surface area contributed by atoms with Crippen LogP contribution in [0.3, 0.4) is 0 Å². The number of hydrogen-bond donors (Lipinski definition) is 1. The molecule has 96 valence electrons. The van der Waals surface area contributed by atoms with Crippen molar-refractivity contribution in [3.63, 3.8) is 0 Å². The molecule has 0 atom stereocenters. The normalized spacial score (nSPS) is 10.9. The van der Waals surface area contributed by atoms with Gasteiger partial charge in [0.15, 0.2) is 0 Å². The Morgan fingerprint density at radius 2 is 2.17 bits per heavy atom. The first-order chi connectivity index (χ1) is 8.74. The maximum atomic E-state index is 11.9. The van der Waals surface area contributed by atoms with E-state index in [2.05, 4.69) is 4.98 Å². The van der Waals surface area contributed by atoms with Crippen molar-refractivity contribution in [1.29, 1.82) is 0 Å². The fourth-order valence-corrected chi connectivity index (χ4v) is 1.87. The minimum Gasteiger partial charge on any atom is -0.489 e. The minimum absolute atomic E-state index is 0.454. The van der Waals surface area contributed by atoms with Crippen molar-refractivity contribution in [3.8, 4) is 5.88 Å². The lowest BCUT2D eigenvalue weighted by atomic mass is 10.3. The van der Waals surface area contributed by atoms with Crippen LogP contribution in [0.2, 0.25) is 0 Å². The maximum absolute atomic E-state index is 11.9.